The van der Waals surface area contributed by atoms with Gasteiger partial charge in [0.15, 0.2) is 0 Å². The van der Waals surface area contributed by atoms with Crippen molar-refractivity contribution < 1.29 is 23.1 Å². The van der Waals surface area contributed by atoms with E-state index in [0.717, 1.165) is 12.0 Å². The van der Waals surface area contributed by atoms with Gasteiger partial charge in [-0.15, -0.1) is 0 Å². The Hall–Kier alpha value is -1.89. The van der Waals surface area contributed by atoms with Gasteiger partial charge >= 0.3 is 6.18 Å². The maximum absolute atomic E-state index is 13.3. The second-order valence-electron chi connectivity index (χ2n) is 5.75. The van der Waals surface area contributed by atoms with Gasteiger partial charge in [-0.1, -0.05) is 31.0 Å². The topological polar surface area (TPSA) is 52.9 Å². The molecule has 4 nitrogen and oxygen atoms in total. The molecular formula is C16H19F3N2O2. The van der Waals surface area contributed by atoms with Crippen LogP contribution in [0.15, 0.2) is 29.4 Å². The van der Waals surface area contributed by atoms with Crippen LogP contribution in [0, 0.1) is 6.92 Å². The van der Waals surface area contributed by atoms with E-state index in [1.165, 1.54) is 12.1 Å². The Bertz CT molecular complexity index is 628. The second kappa shape index (κ2) is 6.31. The van der Waals surface area contributed by atoms with E-state index in [0.29, 0.717) is 12.8 Å². The summed E-state index contributed by atoms with van der Waals surface area (Å²) in [5, 5.41) is 14.1. The fourth-order valence-corrected chi connectivity index (χ4v) is 2.47. The first-order chi connectivity index (χ1) is 10.7. The summed E-state index contributed by atoms with van der Waals surface area (Å²) in [5.41, 5.74) is -2.29. The highest BCUT2D eigenvalue weighted by Gasteiger charge is 2.63. The molecule has 0 saturated heterocycles. The summed E-state index contributed by atoms with van der Waals surface area (Å²) >= 11 is 0. The molecule has 1 N–H and O–H groups in total. The normalized spacial score (nSPS) is 21.5. The molecule has 7 heteroatoms. The maximum Gasteiger partial charge on any atom is 0.438 e. The number of aryl methyl sites for hydroxylation is 1. The number of carbonyl (C=O) groups excluding carboxylic acids is 1. The molecule has 0 aliphatic carbocycles. The minimum Gasteiger partial charge on any atom is -0.362 e. The number of nitrogens with zero attached hydrogens (tertiary/aromatic N) is 2. The molecule has 1 aliphatic rings. The number of unbranched alkanes of at least 4 members (excludes halogenated alkanes) is 1. The number of hydrogen-bond donors (Lipinski definition) is 1. The van der Waals surface area contributed by atoms with Gasteiger partial charge in [-0.05, 0) is 31.9 Å². The van der Waals surface area contributed by atoms with Gasteiger partial charge in [0.25, 0.3) is 11.6 Å². The van der Waals surface area contributed by atoms with Gasteiger partial charge in [0.05, 0.1) is 0 Å². The number of hydrazone groups is 1. The zero-order valence-corrected chi connectivity index (χ0v) is 13.0. The molecule has 0 fully saturated rings. The lowest BCUT2D eigenvalue weighted by molar-refractivity contribution is -0.297. The number of halogens is 3. The van der Waals surface area contributed by atoms with Crippen molar-refractivity contribution in [2.45, 2.75) is 51.4 Å². The molecule has 1 aromatic carbocycles. The second-order valence-corrected chi connectivity index (χ2v) is 5.75. The fraction of sp³-hybridized carbons (Fsp3) is 0.500. The molecule has 0 radical (unpaired) electrons. The van der Waals surface area contributed by atoms with E-state index in [1.54, 1.807) is 19.1 Å². The monoisotopic (exact) mass is 328 g/mol. The molecule has 0 spiro atoms. The Kier molecular flexibility index (Phi) is 4.79. The van der Waals surface area contributed by atoms with Crippen LogP contribution in [0.5, 0.6) is 0 Å². The Morgan fingerprint density at radius 1 is 1.43 bits per heavy atom. The van der Waals surface area contributed by atoms with E-state index < -0.39 is 24.2 Å². The molecule has 1 heterocycles. The molecule has 23 heavy (non-hydrogen) atoms. The van der Waals surface area contributed by atoms with Crippen molar-refractivity contribution in [2.75, 3.05) is 0 Å². The number of alkyl halides is 3. The highest BCUT2D eigenvalue weighted by Crippen LogP contribution is 2.41. The SMILES string of the molecule is CCCCC1=NN(C(=O)c2cccc(C)c2)C(O)(C(F)(F)F)C1. The fourth-order valence-electron chi connectivity index (χ4n) is 2.47. The van der Waals surface area contributed by atoms with E-state index in [2.05, 4.69) is 5.10 Å². The summed E-state index contributed by atoms with van der Waals surface area (Å²) < 4.78 is 40.0. The van der Waals surface area contributed by atoms with Crippen molar-refractivity contribution in [3.05, 3.63) is 35.4 Å². The Labute approximate surface area is 132 Å². The quantitative estimate of drug-likeness (QED) is 0.917. The average molecular weight is 328 g/mol. The standard InChI is InChI=1S/C16H19F3N2O2/c1-3-4-8-13-10-15(23,16(17,18)19)21(20-13)14(22)12-7-5-6-11(2)9-12/h5-7,9,23H,3-4,8,10H2,1-2H3. The van der Waals surface area contributed by atoms with Gasteiger partial charge < -0.3 is 5.11 Å². The lowest BCUT2D eigenvalue weighted by atomic mass is 10.0. The molecule has 126 valence electrons. The Balaban J connectivity index is 2.37. The number of rotatable bonds is 4. The molecule has 0 aromatic heterocycles. The van der Waals surface area contributed by atoms with Crippen molar-refractivity contribution in [2.24, 2.45) is 5.10 Å². The van der Waals surface area contributed by atoms with Crippen molar-refractivity contribution in [1.82, 2.24) is 5.01 Å². The molecule has 0 bridgehead atoms. The third-order valence-electron chi connectivity index (χ3n) is 3.77. The molecule has 0 saturated carbocycles. The largest absolute Gasteiger partial charge is 0.438 e. The van der Waals surface area contributed by atoms with Gasteiger partial charge in [-0.25, -0.2) is 0 Å². The maximum atomic E-state index is 13.3. The first-order valence-electron chi connectivity index (χ1n) is 7.45. The minimum atomic E-state index is -4.98. The van der Waals surface area contributed by atoms with E-state index in [9.17, 15) is 23.1 Å². The number of benzene rings is 1. The van der Waals surface area contributed by atoms with Crippen molar-refractivity contribution in [1.29, 1.82) is 0 Å². The average Bonchev–Trinajstić information content (AvgIpc) is 2.82. The van der Waals surface area contributed by atoms with Crippen LogP contribution in [0.3, 0.4) is 0 Å². The van der Waals surface area contributed by atoms with Crippen LogP contribution >= 0.6 is 0 Å². The summed E-state index contributed by atoms with van der Waals surface area (Å²) in [5.74, 6) is -0.958. The first-order valence-corrected chi connectivity index (χ1v) is 7.45. The zero-order valence-electron chi connectivity index (χ0n) is 13.0. The van der Waals surface area contributed by atoms with Gasteiger partial charge in [-0.2, -0.15) is 23.3 Å². The molecule has 1 amide bonds. The number of aliphatic hydroxyl groups is 1. The molecule has 1 aliphatic heterocycles. The lowest BCUT2D eigenvalue weighted by Gasteiger charge is -2.32. The summed E-state index contributed by atoms with van der Waals surface area (Å²) in [6.07, 6.45) is -3.92. The predicted molar refractivity (Wildman–Crippen MR) is 79.9 cm³/mol. The van der Waals surface area contributed by atoms with Gasteiger partial charge in [-0.3, -0.25) is 4.79 Å². The third-order valence-corrected chi connectivity index (χ3v) is 3.77. The van der Waals surface area contributed by atoms with Crippen LogP contribution in [0.1, 0.15) is 48.5 Å². The summed E-state index contributed by atoms with van der Waals surface area (Å²) in [7, 11) is 0. The lowest BCUT2D eigenvalue weighted by Crippen LogP contribution is -2.56. The predicted octanol–water partition coefficient (Wildman–Crippen LogP) is 3.64. The summed E-state index contributed by atoms with van der Waals surface area (Å²) in [4.78, 5) is 12.4. The first kappa shape index (κ1) is 17.5. The molecule has 1 unspecified atom stereocenters. The molecule has 1 atom stereocenters. The van der Waals surface area contributed by atoms with Crippen LogP contribution in [-0.4, -0.2) is 33.6 Å². The highest BCUT2D eigenvalue weighted by atomic mass is 19.4. The van der Waals surface area contributed by atoms with Gasteiger partial charge in [0, 0.05) is 17.7 Å². The molecule has 1 aromatic rings. The Morgan fingerprint density at radius 3 is 2.70 bits per heavy atom. The molecular weight excluding hydrogens is 309 g/mol. The van der Waals surface area contributed by atoms with Gasteiger partial charge in [0.1, 0.15) is 0 Å². The van der Waals surface area contributed by atoms with E-state index in [-0.39, 0.29) is 16.3 Å². The highest BCUT2D eigenvalue weighted by molar-refractivity contribution is 5.98. The van der Waals surface area contributed by atoms with Crippen LogP contribution < -0.4 is 0 Å². The van der Waals surface area contributed by atoms with Crippen molar-refractivity contribution in [3.8, 4) is 0 Å². The van der Waals surface area contributed by atoms with E-state index in [4.69, 9.17) is 0 Å². The number of carbonyl (C=O) groups is 1. The number of amides is 1. The van der Waals surface area contributed by atoms with E-state index >= 15 is 0 Å². The smallest absolute Gasteiger partial charge is 0.362 e. The van der Waals surface area contributed by atoms with E-state index in [1.807, 2.05) is 6.92 Å². The van der Waals surface area contributed by atoms with Gasteiger partial charge in [0.2, 0.25) is 0 Å². The van der Waals surface area contributed by atoms with Crippen molar-refractivity contribution in [3.63, 3.8) is 0 Å². The summed E-state index contributed by atoms with van der Waals surface area (Å²) in [6, 6.07) is 6.18. The minimum absolute atomic E-state index is 0.0631. The zero-order chi connectivity index (χ0) is 17.3. The van der Waals surface area contributed by atoms with Crippen LogP contribution in [0.4, 0.5) is 13.2 Å². The third kappa shape index (κ3) is 3.39. The molecule has 2 rings (SSSR count). The van der Waals surface area contributed by atoms with Crippen LogP contribution in [0.2, 0.25) is 0 Å². The number of hydrogen-bond acceptors (Lipinski definition) is 3. The van der Waals surface area contributed by atoms with Crippen molar-refractivity contribution >= 4 is 11.6 Å². The summed E-state index contributed by atoms with van der Waals surface area (Å²) in [6.45, 7) is 3.63. The van der Waals surface area contributed by atoms with Crippen LogP contribution in [-0.2, 0) is 0 Å². The Morgan fingerprint density at radius 2 is 2.13 bits per heavy atom. The van der Waals surface area contributed by atoms with Crippen LogP contribution in [0.25, 0.3) is 0 Å².